The first-order chi connectivity index (χ1) is 8.90. The Morgan fingerprint density at radius 2 is 1.42 bits per heavy atom. The molecule has 0 fully saturated rings. The Morgan fingerprint density at radius 1 is 1.05 bits per heavy atom. The van der Waals surface area contributed by atoms with E-state index in [4.69, 9.17) is 5.39 Å². The summed E-state index contributed by atoms with van der Waals surface area (Å²) in [6, 6.07) is 0. The molecule has 0 aliphatic rings. The topological polar surface area (TPSA) is 137 Å². The van der Waals surface area contributed by atoms with E-state index < -0.39 is 27.0 Å². The number of diazo groups is 1. The fourth-order valence-corrected chi connectivity index (χ4v) is 1.97. The van der Waals surface area contributed by atoms with Crippen molar-refractivity contribution in [3.63, 3.8) is 0 Å². The molecule has 1 aromatic carbocycles. The average Bonchev–Trinajstić information content (AvgIpc) is 2.35. The fraction of sp³-hybridized carbons (Fsp3) is 0.400. The Balaban J connectivity index is 3.99. The average molecular weight is 266 g/mol. The molecule has 100 valence electrons. The van der Waals surface area contributed by atoms with Crippen molar-refractivity contribution in [3.8, 4) is 5.75 Å². The summed E-state index contributed by atoms with van der Waals surface area (Å²) in [5.41, 5.74) is -2.26. The zero-order valence-corrected chi connectivity index (χ0v) is 10.2. The van der Waals surface area contributed by atoms with E-state index in [9.17, 15) is 25.3 Å². The van der Waals surface area contributed by atoms with Gasteiger partial charge in [-0.2, -0.15) is 0 Å². The molecule has 0 saturated carbocycles. The number of nitro groups is 2. The molecule has 0 heterocycles. The zero-order chi connectivity index (χ0) is 14.7. The SMILES string of the molecule is CCc1c([N+]#N)c(CC)c([N+](=O)[O-])c([O-])c1[N+](=O)[O-]. The molecule has 1 aromatic rings. The summed E-state index contributed by atoms with van der Waals surface area (Å²) in [6.45, 7) is 3.06. The van der Waals surface area contributed by atoms with Crippen molar-refractivity contribution in [2.45, 2.75) is 26.7 Å². The molecule has 0 atom stereocenters. The first kappa shape index (κ1) is 14.3. The van der Waals surface area contributed by atoms with Gasteiger partial charge < -0.3 is 5.11 Å². The van der Waals surface area contributed by atoms with E-state index in [0.29, 0.717) is 0 Å². The standard InChI is InChI=1S/C10H10N4O5/c1-3-5-7(12-11)6(4-2)9(14(18)19)10(15)8(5)13(16)17/h3-4H2,1-2H3. The summed E-state index contributed by atoms with van der Waals surface area (Å²) in [5, 5.41) is 42.6. The monoisotopic (exact) mass is 266 g/mol. The Hall–Kier alpha value is -2.76. The quantitative estimate of drug-likeness (QED) is 0.465. The third-order valence-corrected chi connectivity index (χ3v) is 2.75. The van der Waals surface area contributed by atoms with Gasteiger partial charge in [-0.3, -0.25) is 20.2 Å². The number of hydrogen-bond donors (Lipinski definition) is 0. The Labute approximate surface area is 107 Å². The Morgan fingerprint density at radius 3 is 1.63 bits per heavy atom. The van der Waals surface area contributed by atoms with Crippen LogP contribution < -0.4 is 5.11 Å². The highest BCUT2D eigenvalue weighted by Gasteiger charge is 2.37. The molecule has 0 N–H and O–H groups in total. The van der Waals surface area contributed by atoms with Gasteiger partial charge in [0.05, 0.1) is 15.6 Å². The number of nitrogens with zero attached hydrogens (tertiary/aromatic N) is 4. The van der Waals surface area contributed by atoms with E-state index in [1.165, 1.54) is 13.8 Å². The van der Waals surface area contributed by atoms with Gasteiger partial charge in [-0.25, -0.2) is 0 Å². The molecule has 0 spiro atoms. The minimum Gasteiger partial charge on any atom is -0.863 e. The van der Waals surface area contributed by atoms with E-state index in [0.717, 1.165) is 0 Å². The molecule has 0 saturated heterocycles. The molecule has 0 amide bonds. The second-order valence-corrected chi connectivity index (χ2v) is 3.65. The van der Waals surface area contributed by atoms with E-state index in [1.807, 2.05) is 0 Å². The van der Waals surface area contributed by atoms with Crippen LogP contribution >= 0.6 is 0 Å². The van der Waals surface area contributed by atoms with Gasteiger partial charge in [0.1, 0.15) is 11.1 Å². The van der Waals surface area contributed by atoms with Crippen molar-refractivity contribution in [1.29, 1.82) is 5.39 Å². The van der Waals surface area contributed by atoms with Crippen molar-refractivity contribution in [2.24, 2.45) is 0 Å². The van der Waals surface area contributed by atoms with E-state index in [-0.39, 0.29) is 29.7 Å². The van der Waals surface area contributed by atoms with Crippen LogP contribution in [0.4, 0.5) is 17.1 Å². The lowest BCUT2D eigenvalue weighted by Gasteiger charge is -2.11. The molecule has 9 nitrogen and oxygen atoms in total. The smallest absolute Gasteiger partial charge is 0.405 e. The van der Waals surface area contributed by atoms with Gasteiger partial charge in [-0.15, -0.1) is 0 Å². The van der Waals surface area contributed by atoms with Crippen LogP contribution in [0.1, 0.15) is 25.0 Å². The van der Waals surface area contributed by atoms with Gasteiger partial charge >= 0.3 is 5.69 Å². The maximum Gasteiger partial charge on any atom is 0.405 e. The summed E-state index contributed by atoms with van der Waals surface area (Å²) in [4.78, 5) is 22.7. The molecule has 0 aliphatic heterocycles. The zero-order valence-electron chi connectivity index (χ0n) is 10.2. The highest BCUT2D eigenvalue weighted by Crippen LogP contribution is 2.46. The van der Waals surface area contributed by atoms with Crippen LogP contribution in [0.5, 0.6) is 5.75 Å². The molecule has 0 aromatic heterocycles. The number of benzene rings is 1. The number of rotatable bonds is 4. The second kappa shape index (κ2) is 5.26. The molecule has 0 bridgehead atoms. The summed E-state index contributed by atoms with van der Waals surface area (Å²) in [5.74, 6) is -1.25. The number of hydrogen-bond acceptors (Lipinski definition) is 6. The molecular formula is C10H10N4O5. The van der Waals surface area contributed by atoms with Gasteiger partial charge in [-0.1, -0.05) is 13.8 Å². The lowest BCUT2D eigenvalue weighted by molar-refractivity contribution is -0.416. The highest BCUT2D eigenvalue weighted by molar-refractivity contribution is 5.78. The Bertz CT molecular complexity index is 562. The molecule has 9 heteroatoms. The van der Waals surface area contributed by atoms with Crippen LogP contribution in [0.15, 0.2) is 0 Å². The van der Waals surface area contributed by atoms with Gasteiger partial charge in [0.2, 0.25) is 5.39 Å². The summed E-state index contributed by atoms with van der Waals surface area (Å²) < 4.78 is 0. The molecular weight excluding hydrogens is 256 g/mol. The lowest BCUT2D eigenvalue weighted by Crippen LogP contribution is -2.08. The van der Waals surface area contributed by atoms with Crippen LogP contribution in [0.3, 0.4) is 0 Å². The molecule has 0 aliphatic carbocycles. The maximum absolute atomic E-state index is 11.9. The molecule has 1 rings (SSSR count). The largest absolute Gasteiger partial charge is 0.863 e. The van der Waals surface area contributed by atoms with Gasteiger partial charge in [-0.05, 0) is 12.8 Å². The predicted octanol–water partition coefficient (Wildman–Crippen LogP) is 2.19. The fourth-order valence-electron chi connectivity index (χ4n) is 1.97. The lowest BCUT2D eigenvalue weighted by atomic mass is 9.98. The van der Waals surface area contributed by atoms with Gasteiger partial charge in [0.15, 0.2) is 4.98 Å². The third-order valence-electron chi connectivity index (χ3n) is 2.75. The minimum absolute atomic E-state index is 0.0515. The predicted molar refractivity (Wildman–Crippen MR) is 62.7 cm³/mol. The van der Waals surface area contributed by atoms with Crippen LogP contribution in [0.25, 0.3) is 4.98 Å². The van der Waals surface area contributed by atoms with Crippen LogP contribution in [0, 0.1) is 25.6 Å². The van der Waals surface area contributed by atoms with Crippen molar-refractivity contribution in [3.05, 3.63) is 36.3 Å². The van der Waals surface area contributed by atoms with Crippen molar-refractivity contribution >= 4 is 17.1 Å². The molecule has 19 heavy (non-hydrogen) atoms. The third kappa shape index (κ3) is 2.15. The van der Waals surface area contributed by atoms with E-state index in [2.05, 4.69) is 4.98 Å². The maximum atomic E-state index is 11.9. The van der Waals surface area contributed by atoms with Crippen molar-refractivity contribution in [1.82, 2.24) is 0 Å². The number of nitro benzene ring substituents is 2. The summed E-state index contributed by atoms with van der Waals surface area (Å²) >= 11 is 0. The normalized spacial score (nSPS) is 9.95. The summed E-state index contributed by atoms with van der Waals surface area (Å²) in [7, 11) is 0. The second-order valence-electron chi connectivity index (χ2n) is 3.65. The minimum atomic E-state index is -1.25. The first-order valence-electron chi connectivity index (χ1n) is 5.43. The van der Waals surface area contributed by atoms with Crippen LogP contribution in [-0.4, -0.2) is 9.85 Å². The highest BCUT2D eigenvalue weighted by atomic mass is 16.6. The first-order valence-corrected chi connectivity index (χ1v) is 5.43. The van der Waals surface area contributed by atoms with Gasteiger partial charge in [0.25, 0.3) is 11.4 Å². The summed E-state index contributed by atoms with van der Waals surface area (Å²) in [6.07, 6.45) is 0.103. The van der Waals surface area contributed by atoms with Crippen LogP contribution in [0.2, 0.25) is 0 Å². The van der Waals surface area contributed by atoms with E-state index >= 15 is 0 Å². The van der Waals surface area contributed by atoms with Crippen LogP contribution in [-0.2, 0) is 12.8 Å². The van der Waals surface area contributed by atoms with Gasteiger partial charge in [0, 0.05) is 0 Å². The molecule has 0 unspecified atom stereocenters. The molecule has 0 radical (unpaired) electrons. The van der Waals surface area contributed by atoms with E-state index in [1.54, 1.807) is 0 Å². The van der Waals surface area contributed by atoms with Crippen molar-refractivity contribution < 1.29 is 15.0 Å². The Kier molecular flexibility index (Phi) is 3.96. The van der Waals surface area contributed by atoms with Crippen molar-refractivity contribution in [2.75, 3.05) is 0 Å².